The average Bonchev–Trinajstić information content (AvgIpc) is 3.33. The monoisotopic (exact) mass is 586 g/mol. The summed E-state index contributed by atoms with van der Waals surface area (Å²) in [6.07, 6.45) is -3.80. The van der Waals surface area contributed by atoms with E-state index in [2.05, 4.69) is 30.2 Å². The zero-order chi connectivity index (χ0) is 29.1. The Labute approximate surface area is 231 Å². The molecule has 1 aliphatic rings. The maximum atomic E-state index is 13.1. The van der Waals surface area contributed by atoms with E-state index in [0.717, 1.165) is 0 Å². The van der Waals surface area contributed by atoms with Gasteiger partial charge in [-0.05, 0) is 51.8 Å². The Balaban J connectivity index is 1.44. The molecule has 3 heterocycles. The number of benzene rings is 1. The van der Waals surface area contributed by atoms with E-state index in [1.165, 1.54) is 11.1 Å². The average molecular weight is 587 g/mol. The van der Waals surface area contributed by atoms with Crippen molar-refractivity contribution < 1.29 is 41.4 Å². The third kappa shape index (κ3) is 7.91. The highest BCUT2D eigenvalue weighted by molar-refractivity contribution is 6.31. The largest absolute Gasteiger partial charge is 0.522 e. The summed E-state index contributed by atoms with van der Waals surface area (Å²) in [6, 6.07) is 3.73. The fraction of sp³-hybridized carbons (Fsp3) is 0.500. The minimum absolute atomic E-state index is 0.00133. The van der Waals surface area contributed by atoms with Gasteiger partial charge in [0, 0.05) is 17.6 Å². The number of ether oxygens (including phenoxy) is 3. The maximum absolute atomic E-state index is 13.1. The van der Waals surface area contributed by atoms with E-state index in [1.54, 1.807) is 39.0 Å². The molecule has 3 aromatic rings. The van der Waals surface area contributed by atoms with E-state index in [1.807, 2.05) is 0 Å². The zero-order valence-electron chi connectivity index (χ0n) is 21.7. The lowest BCUT2D eigenvalue weighted by Crippen LogP contribution is -2.52. The topological polar surface area (TPSA) is 142 Å². The molecule has 0 aliphatic carbocycles. The third-order valence-corrected chi connectivity index (χ3v) is 5.80. The molecule has 1 N–H and O–H groups in total. The normalized spacial score (nSPS) is 18.0. The predicted octanol–water partition coefficient (Wildman–Crippen LogP) is 4.45. The summed E-state index contributed by atoms with van der Waals surface area (Å²) in [5.74, 6) is -0.479. The van der Waals surface area contributed by atoms with Gasteiger partial charge in [0.1, 0.15) is 23.9 Å². The number of fused-ring (bicyclic) bond motifs is 1. The number of piperidine rings is 1. The lowest BCUT2D eigenvalue weighted by molar-refractivity contribution is -0.325. The molecular formula is C24H26ClF3N6O6. The summed E-state index contributed by atoms with van der Waals surface area (Å²) in [6.45, 7) is 3.90. The van der Waals surface area contributed by atoms with E-state index in [-0.39, 0.29) is 24.2 Å². The Morgan fingerprint density at radius 1 is 1.15 bits per heavy atom. The van der Waals surface area contributed by atoms with Gasteiger partial charge < -0.3 is 19.2 Å². The molecule has 2 aromatic heterocycles. The zero-order valence-corrected chi connectivity index (χ0v) is 22.5. The van der Waals surface area contributed by atoms with Crippen molar-refractivity contribution in [1.82, 2.24) is 30.4 Å². The Bertz CT molecular complexity index is 1360. The van der Waals surface area contributed by atoms with Crippen LogP contribution >= 0.6 is 11.6 Å². The van der Waals surface area contributed by atoms with Crippen molar-refractivity contribution >= 4 is 34.6 Å². The highest BCUT2D eigenvalue weighted by atomic mass is 35.5. The van der Waals surface area contributed by atoms with Gasteiger partial charge in [-0.1, -0.05) is 16.7 Å². The molecule has 2 amide bonds. The van der Waals surface area contributed by atoms with Crippen molar-refractivity contribution in [1.29, 1.82) is 0 Å². The van der Waals surface area contributed by atoms with Gasteiger partial charge in [-0.2, -0.15) is 0 Å². The first-order valence-corrected chi connectivity index (χ1v) is 12.5. The minimum atomic E-state index is -4.79. The molecule has 40 heavy (non-hydrogen) atoms. The van der Waals surface area contributed by atoms with Crippen LogP contribution in [-0.4, -0.2) is 74.8 Å². The molecule has 0 radical (unpaired) electrons. The van der Waals surface area contributed by atoms with Crippen LogP contribution in [0.4, 0.5) is 18.0 Å². The minimum Gasteiger partial charge on any atom is -0.447 e. The molecule has 1 saturated heterocycles. The molecule has 0 spiro atoms. The SMILES string of the molecule is CC(C)(C)OC(=O)N1C[C@@H](NC(=O)c2cnc3cc(Cl)ccc3n2)CC[C@@H]1c1nnc(OCCOC(F)(F)F)o1. The van der Waals surface area contributed by atoms with Gasteiger partial charge in [0.25, 0.3) is 5.91 Å². The molecule has 1 fully saturated rings. The number of aromatic nitrogens is 4. The van der Waals surface area contributed by atoms with Gasteiger partial charge in [-0.15, -0.1) is 18.3 Å². The number of likely N-dealkylation sites (tertiary alicyclic amines) is 1. The summed E-state index contributed by atoms with van der Waals surface area (Å²) in [7, 11) is 0. The number of rotatable bonds is 7. The molecule has 12 nitrogen and oxygen atoms in total. The number of amides is 2. The summed E-state index contributed by atoms with van der Waals surface area (Å²) in [4.78, 5) is 36.0. The smallest absolute Gasteiger partial charge is 0.447 e. The van der Waals surface area contributed by atoms with E-state index in [0.29, 0.717) is 28.9 Å². The van der Waals surface area contributed by atoms with Crippen LogP contribution in [0.25, 0.3) is 11.0 Å². The summed E-state index contributed by atoms with van der Waals surface area (Å²) in [5, 5.41) is 10.9. The second kappa shape index (κ2) is 11.8. The van der Waals surface area contributed by atoms with Crippen LogP contribution in [0.15, 0.2) is 28.8 Å². The van der Waals surface area contributed by atoms with E-state index >= 15 is 0 Å². The van der Waals surface area contributed by atoms with Crippen molar-refractivity contribution in [2.45, 2.75) is 57.7 Å². The lowest BCUT2D eigenvalue weighted by atomic mass is 9.98. The van der Waals surface area contributed by atoms with E-state index < -0.39 is 49.3 Å². The third-order valence-electron chi connectivity index (χ3n) is 5.56. The van der Waals surface area contributed by atoms with Crippen molar-refractivity contribution in [2.75, 3.05) is 19.8 Å². The van der Waals surface area contributed by atoms with Crippen LogP contribution in [0.3, 0.4) is 0 Å². The fourth-order valence-corrected chi connectivity index (χ4v) is 4.09. The first-order chi connectivity index (χ1) is 18.8. The second-order valence-electron chi connectivity index (χ2n) is 9.83. The Morgan fingerprint density at radius 2 is 1.93 bits per heavy atom. The first kappa shape index (κ1) is 29.3. The number of nitrogens with zero attached hydrogens (tertiary/aromatic N) is 5. The molecule has 2 atom stereocenters. The molecule has 1 aromatic carbocycles. The van der Waals surface area contributed by atoms with Crippen LogP contribution in [0, 0.1) is 0 Å². The van der Waals surface area contributed by atoms with Crippen LogP contribution in [0.5, 0.6) is 6.08 Å². The number of hydrogen-bond acceptors (Lipinski definition) is 10. The maximum Gasteiger partial charge on any atom is 0.522 e. The Kier molecular flexibility index (Phi) is 8.63. The number of alkyl halides is 3. The molecular weight excluding hydrogens is 561 g/mol. The number of halogens is 4. The predicted molar refractivity (Wildman–Crippen MR) is 133 cm³/mol. The molecule has 0 saturated carbocycles. The van der Waals surface area contributed by atoms with Crippen molar-refractivity contribution in [3.05, 3.63) is 41.0 Å². The van der Waals surface area contributed by atoms with Crippen molar-refractivity contribution in [2.24, 2.45) is 0 Å². The van der Waals surface area contributed by atoms with Crippen molar-refractivity contribution in [3.63, 3.8) is 0 Å². The highest BCUT2D eigenvalue weighted by Crippen LogP contribution is 2.33. The molecule has 1 aliphatic heterocycles. The molecule has 0 unspecified atom stereocenters. The summed E-state index contributed by atoms with van der Waals surface area (Å²) in [5.41, 5.74) is 0.309. The van der Waals surface area contributed by atoms with Crippen LogP contribution < -0.4 is 10.1 Å². The van der Waals surface area contributed by atoms with Crippen LogP contribution in [-0.2, 0) is 9.47 Å². The second-order valence-corrected chi connectivity index (χ2v) is 10.3. The van der Waals surface area contributed by atoms with Gasteiger partial charge in [-0.25, -0.2) is 9.78 Å². The molecule has 0 bridgehead atoms. The van der Waals surface area contributed by atoms with E-state index in [4.69, 9.17) is 25.5 Å². The lowest BCUT2D eigenvalue weighted by Gasteiger charge is -2.38. The number of nitrogens with one attached hydrogen (secondary N) is 1. The Morgan fingerprint density at radius 3 is 2.65 bits per heavy atom. The molecule has 4 rings (SSSR count). The van der Waals surface area contributed by atoms with Crippen molar-refractivity contribution in [3.8, 4) is 6.08 Å². The van der Waals surface area contributed by atoms with Crippen LogP contribution in [0.2, 0.25) is 5.02 Å². The first-order valence-electron chi connectivity index (χ1n) is 12.2. The quantitative estimate of drug-likeness (QED) is 0.394. The number of carbonyl (C=O) groups excluding carboxylic acids is 2. The van der Waals surface area contributed by atoms with Crippen LogP contribution in [0.1, 0.15) is 56.0 Å². The standard InChI is InChI=1S/C24H26ClF3N6O6/c1-23(2,3)40-22(36)34-12-14(30-19(35)17-11-29-16-10-13(25)4-6-15(16)31-17)5-7-18(34)20-32-33-21(39-20)37-8-9-38-24(26,27)28/h4,6,10-11,14,18H,5,7-9,12H2,1-3H3,(H,30,35)/t14-,18+/m0/s1. The van der Waals surface area contributed by atoms with Gasteiger partial charge in [0.2, 0.25) is 5.89 Å². The Hall–Kier alpha value is -3.72. The number of hydrogen-bond donors (Lipinski definition) is 1. The number of carbonyl (C=O) groups is 2. The van der Waals surface area contributed by atoms with Gasteiger partial charge >= 0.3 is 18.5 Å². The summed E-state index contributed by atoms with van der Waals surface area (Å²) < 4.78 is 56.1. The summed E-state index contributed by atoms with van der Waals surface area (Å²) >= 11 is 5.98. The van der Waals surface area contributed by atoms with E-state index in [9.17, 15) is 22.8 Å². The fourth-order valence-electron chi connectivity index (χ4n) is 3.92. The highest BCUT2D eigenvalue weighted by Gasteiger charge is 2.39. The van der Waals surface area contributed by atoms with Gasteiger partial charge in [0.05, 0.1) is 23.8 Å². The molecule has 16 heteroatoms. The van der Waals surface area contributed by atoms with Gasteiger partial charge in [-0.3, -0.25) is 19.4 Å². The molecule has 216 valence electrons. The van der Waals surface area contributed by atoms with Gasteiger partial charge in [0.15, 0.2) is 0 Å².